The number of nitrogens with zero attached hydrogens (tertiary/aromatic N) is 2. The van der Waals surface area contributed by atoms with Crippen molar-refractivity contribution in [2.24, 2.45) is 0 Å². The second kappa shape index (κ2) is 7.48. The molecule has 0 aliphatic heterocycles. The van der Waals surface area contributed by atoms with Crippen molar-refractivity contribution in [2.45, 2.75) is 26.3 Å². The van der Waals surface area contributed by atoms with E-state index in [0.717, 1.165) is 47.8 Å². The van der Waals surface area contributed by atoms with Crippen LogP contribution in [0.5, 0.6) is 5.75 Å². The molecule has 0 aliphatic carbocycles. The lowest BCUT2D eigenvalue weighted by Crippen LogP contribution is -2.04. The summed E-state index contributed by atoms with van der Waals surface area (Å²) in [7, 11) is 0. The van der Waals surface area contributed by atoms with Crippen LogP contribution in [0.4, 0.5) is 0 Å². The smallest absolute Gasteiger partial charge is 0.177 e. The molecule has 0 bridgehead atoms. The quantitative estimate of drug-likeness (QED) is 0.417. The Morgan fingerprint density at radius 2 is 1.81 bits per heavy atom. The first-order valence-corrected chi connectivity index (χ1v) is 9.00. The van der Waals surface area contributed by atoms with E-state index in [1.165, 1.54) is 5.56 Å². The van der Waals surface area contributed by atoms with E-state index in [9.17, 15) is 0 Å². The molecule has 0 spiro atoms. The SMILES string of the molecule is Cc1ccccc1OCCCCn1c(-c2ccco2)nc2ccccc21. The summed E-state index contributed by atoms with van der Waals surface area (Å²) < 4.78 is 13.7. The fraction of sp³-hybridized carbons (Fsp3) is 0.227. The zero-order chi connectivity index (χ0) is 17.8. The van der Waals surface area contributed by atoms with Crippen LogP contribution in [0.15, 0.2) is 71.3 Å². The third-order valence-electron chi connectivity index (χ3n) is 4.52. The molecule has 0 unspecified atom stereocenters. The minimum Gasteiger partial charge on any atom is -0.493 e. The van der Waals surface area contributed by atoms with Crippen LogP contribution in [-0.4, -0.2) is 16.2 Å². The van der Waals surface area contributed by atoms with E-state index >= 15 is 0 Å². The average Bonchev–Trinajstić information content (AvgIpc) is 3.31. The standard InChI is InChI=1S/C22H22N2O2/c1-17-9-2-5-12-20(17)25-15-7-6-14-24-19-11-4-3-10-18(19)23-22(24)21-13-8-16-26-21/h2-5,8-13,16H,6-7,14-15H2,1H3. The molecule has 4 rings (SSSR count). The van der Waals surface area contributed by atoms with Crippen molar-refractivity contribution in [3.8, 4) is 17.3 Å². The Bertz CT molecular complexity index is 986. The molecule has 2 aromatic heterocycles. The molecular formula is C22H22N2O2. The lowest BCUT2D eigenvalue weighted by molar-refractivity contribution is 0.301. The third kappa shape index (κ3) is 3.36. The number of hydrogen-bond acceptors (Lipinski definition) is 3. The first-order chi connectivity index (χ1) is 12.8. The van der Waals surface area contributed by atoms with E-state index in [1.54, 1.807) is 6.26 Å². The summed E-state index contributed by atoms with van der Waals surface area (Å²) >= 11 is 0. The molecule has 0 atom stereocenters. The number of benzene rings is 2. The Morgan fingerprint density at radius 3 is 2.65 bits per heavy atom. The Hall–Kier alpha value is -3.01. The van der Waals surface area contributed by atoms with Gasteiger partial charge in [-0.2, -0.15) is 0 Å². The second-order valence-electron chi connectivity index (χ2n) is 6.37. The summed E-state index contributed by atoms with van der Waals surface area (Å²) in [6, 6.07) is 20.2. The topological polar surface area (TPSA) is 40.2 Å². The summed E-state index contributed by atoms with van der Waals surface area (Å²) in [5, 5.41) is 0. The molecule has 0 saturated heterocycles. The average molecular weight is 346 g/mol. The van der Waals surface area contributed by atoms with Crippen molar-refractivity contribution in [3.05, 3.63) is 72.5 Å². The van der Waals surface area contributed by atoms with Gasteiger partial charge in [0.05, 0.1) is 23.9 Å². The molecule has 4 heteroatoms. The Kier molecular flexibility index (Phi) is 4.73. The molecule has 0 saturated carbocycles. The van der Waals surface area contributed by atoms with Crippen LogP contribution in [0, 0.1) is 6.92 Å². The van der Waals surface area contributed by atoms with Gasteiger partial charge in [0.15, 0.2) is 11.6 Å². The summed E-state index contributed by atoms with van der Waals surface area (Å²) in [4.78, 5) is 4.75. The number of furan rings is 1. The first-order valence-electron chi connectivity index (χ1n) is 9.00. The van der Waals surface area contributed by atoms with E-state index in [-0.39, 0.29) is 0 Å². The molecule has 0 fully saturated rings. The molecule has 0 radical (unpaired) electrons. The number of hydrogen-bond donors (Lipinski definition) is 0. The number of ether oxygens (including phenoxy) is 1. The Labute approximate surface area is 153 Å². The number of aryl methyl sites for hydroxylation is 2. The van der Waals surface area contributed by atoms with Crippen LogP contribution < -0.4 is 4.74 Å². The highest BCUT2D eigenvalue weighted by atomic mass is 16.5. The van der Waals surface area contributed by atoms with Gasteiger partial charge in [-0.15, -0.1) is 0 Å². The van der Waals surface area contributed by atoms with Crippen LogP contribution in [0.3, 0.4) is 0 Å². The van der Waals surface area contributed by atoms with E-state index in [2.05, 4.69) is 23.6 Å². The highest BCUT2D eigenvalue weighted by Gasteiger charge is 2.14. The molecule has 4 nitrogen and oxygen atoms in total. The van der Waals surface area contributed by atoms with Crippen molar-refractivity contribution >= 4 is 11.0 Å². The van der Waals surface area contributed by atoms with Gasteiger partial charge in [0, 0.05) is 6.54 Å². The number of para-hydroxylation sites is 3. The van der Waals surface area contributed by atoms with Gasteiger partial charge < -0.3 is 13.7 Å². The lowest BCUT2D eigenvalue weighted by atomic mass is 10.2. The minimum absolute atomic E-state index is 0.716. The normalized spacial score (nSPS) is 11.1. The second-order valence-corrected chi connectivity index (χ2v) is 6.37. The van der Waals surface area contributed by atoms with Gasteiger partial charge in [-0.1, -0.05) is 30.3 Å². The van der Waals surface area contributed by atoms with Gasteiger partial charge in [-0.3, -0.25) is 0 Å². The van der Waals surface area contributed by atoms with E-state index in [4.69, 9.17) is 14.1 Å². The Balaban J connectivity index is 1.44. The molecule has 132 valence electrons. The van der Waals surface area contributed by atoms with E-state index < -0.39 is 0 Å². The van der Waals surface area contributed by atoms with Gasteiger partial charge in [0.1, 0.15) is 5.75 Å². The van der Waals surface area contributed by atoms with Crippen LogP contribution in [0.25, 0.3) is 22.6 Å². The number of fused-ring (bicyclic) bond motifs is 1. The zero-order valence-electron chi connectivity index (χ0n) is 14.9. The van der Waals surface area contributed by atoms with Crippen molar-refractivity contribution in [1.29, 1.82) is 0 Å². The van der Waals surface area contributed by atoms with Gasteiger partial charge in [-0.05, 0) is 55.7 Å². The predicted octanol–water partition coefficient (Wildman–Crippen LogP) is 5.46. The molecule has 4 aromatic rings. The maximum atomic E-state index is 5.90. The summed E-state index contributed by atoms with van der Waals surface area (Å²) in [5.74, 6) is 2.66. The first kappa shape index (κ1) is 16.5. The molecule has 2 aromatic carbocycles. The van der Waals surface area contributed by atoms with Gasteiger partial charge in [0.25, 0.3) is 0 Å². The monoisotopic (exact) mass is 346 g/mol. The van der Waals surface area contributed by atoms with Crippen molar-refractivity contribution < 1.29 is 9.15 Å². The van der Waals surface area contributed by atoms with Crippen LogP contribution in [-0.2, 0) is 6.54 Å². The number of imidazole rings is 1. The fourth-order valence-electron chi connectivity index (χ4n) is 3.17. The number of unbranched alkanes of at least 4 members (excludes halogenated alkanes) is 1. The fourth-order valence-corrected chi connectivity index (χ4v) is 3.17. The molecule has 2 heterocycles. The predicted molar refractivity (Wildman–Crippen MR) is 103 cm³/mol. The van der Waals surface area contributed by atoms with Gasteiger partial charge >= 0.3 is 0 Å². The maximum Gasteiger partial charge on any atom is 0.177 e. The zero-order valence-corrected chi connectivity index (χ0v) is 14.9. The molecular weight excluding hydrogens is 324 g/mol. The van der Waals surface area contributed by atoms with Crippen molar-refractivity contribution in [1.82, 2.24) is 9.55 Å². The van der Waals surface area contributed by atoms with E-state index in [1.807, 2.05) is 48.5 Å². The van der Waals surface area contributed by atoms with Crippen molar-refractivity contribution in [2.75, 3.05) is 6.61 Å². The van der Waals surface area contributed by atoms with Crippen LogP contribution in [0.1, 0.15) is 18.4 Å². The Morgan fingerprint density at radius 1 is 0.962 bits per heavy atom. The highest BCUT2D eigenvalue weighted by molar-refractivity contribution is 5.79. The van der Waals surface area contributed by atoms with Crippen molar-refractivity contribution in [3.63, 3.8) is 0 Å². The summed E-state index contributed by atoms with van der Waals surface area (Å²) in [6.45, 7) is 3.67. The van der Waals surface area contributed by atoms with Gasteiger partial charge in [-0.25, -0.2) is 4.98 Å². The van der Waals surface area contributed by atoms with Gasteiger partial charge in [0.2, 0.25) is 0 Å². The molecule has 0 aliphatic rings. The summed E-state index contributed by atoms with van der Waals surface area (Å²) in [6.07, 6.45) is 3.69. The van der Waals surface area contributed by atoms with Crippen LogP contribution >= 0.6 is 0 Å². The van der Waals surface area contributed by atoms with Crippen LogP contribution in [0.2, 0.25) is 0 Å². The third-order valence-corrected chi connectivity index (χ3v) is 4.52. The minimum atomic E-state index is 0.716. The van der Waals surface area contributed by atoms with E-state index in [0.29, 0.717) is 6.61 Å². The highest BCUT2D eigenvalue weighted by Crippen LogP contribution is 2.25. The molecule has 0 N–H and O–H groups in total. The largest absolute Gasteiger partial charge is 0.493 e. The molecule has 26 heavy (non-hydrogen) atoms. The molecule has 0 amide bonds. The summed E-state index contributed by atoms with van der Waals surface area (Å²) in [5.41, 5.74) is 3.31. The number of rotatable bonds is 7. The lowest BCUT2D eigenvalue weighted by Gasteiger charge is -2.10. The maximum absolute atomic E-state index is 5.90. The number of aromatic nitrogens is 2.